The average molecular weight is 303 g/mol. The lowest BCUT2D eigenvalue weighted by Crippen LogP contribution is -2.24. The van der Waals surface area contributed by atoms with Crippen LogP contribution in [0.1, 0.15) is 35.8 Å². The number of nitrogens with one attached hydrogen (secondary N) is 1. The molecule has 0 radical (unpaired) electrons. The molecule has 1 N–H and O–H groups in total. The monoisotopic (exact) mass is 303 g/mol. The molecular formula is C17H13N5O. The normalized spacial score (nSPS) is 20.8. The molecule has 1 aromatic heterocycles. The number of aromatic nitrogens is 2. The molecule has 3 rings (SSSR count). The molecule has 0 aliphatic carbocycles. The van der Waals surface area contributed by atoms with E-state index in [0.717, 1.165) is 5.56 Å². The van der Waals surface area contributed by atoms with Crippen molar-refractivity contribution in [3.05, 3.63) is 40.7 Å². The topological polar surface area (TPSA) is 106 Å². The first-order valence-electron chi connectivity index (χ1n) is 7.09. The summed E-state index contributed by atoms with van der Waals surface area (Å²) in [6, 6.07) is 9.88. The molecule has 2 unspecified atom stereocenters. The van der Waals surface area contributed by atoms with E-state index in [2.05, 4.69) is 27.3 Å². The first-order chi connectivity index (χ1) is 11.1. The zero-order valence-corrected chi connectivity index (χ0v) is 12.7. The molecule has 2 heterocycles. The molecule has 0 saturated heterocycles. The van der Waals surface area contributed by atoms with Crippen LogP contribution in [0.2, 0.25) is 0 Å². The Kier molecular flexibility index (Phi) is 3.51. The summed E-state index contributed by atoms with van der Waals surface area (Å²) in [6.45, 7) is 3.57. The summed E-state index contributed by atoms with van der Waals surface area (Å²) < 4.78 is 0. The highest BCUT2D eigenvalue weighted by Gasteiger charge is 2.34. The standard InChI is InChI=1S/C17H13N5O/c1-9-13(6-18)17(14(7-19)10(2)20-9)11-3-4-15-12(5-11)16(8-23)22-21-15/h3-5,8,13,17H,1-2H3,(H,21,22). The highest BCUT2D eigenvalue weighted by Crippen LogP contribution is 2.39. The van der Waals surface area contributed by atoms with Gasteiger partial charge in [-0.05, 0) is 31.5 Å². The molecule has 0 fully saturated rings. The summed E-state index contributed by atoms with van der Waals surface area (Å²) in [7, 11) is 0. The lowest BCUT2D eigenvalue weighted by molar-refractivity contribution is 0.112. The molecule has 1 aromatic carbocycles. The number of carbonyl (C=O) groups is 1. The van der Waals surface area contributed by atoms with E-state index in [0.29, 0.717) is 39.9 Å². The fourth-order valence-electron chi connectivity index (χ4n) is 3.04. The second-order valence-electron chi connectivity index (χ2n) is 5.48. The Hall–Kier alpha value is -3.25. The Bertz CT molecular complexity index is 951. The first kappa shape index (κ1) is 14.7. The summed E-state index contributed by atoms with van der Waals surface area (Å²) >= 11 is 0. The number of fused-ring (bicyclic) bond motifs is 1. The number of benzene rings is 1. The summed E-state index contributed by atoms with van der Waals surface area (Å²) in [5, 5.41) is 26.5. The Balaban J connectivity index is 2.23. The van der Waals surface area contributed by atoms with Crippen LogP contribution in [0.4, 0.5) is 0 Å². The fraction of sp³-hybridized carbons (Fsp3) is 0.235. The molecule has 1 aliphatic heterocycles. The van der Waals surface area contributed by atoms with E-state index in [1.54, 1.807) is 19.9 Å². The summed E-state index contributed by atoms with van der Waals surface area (Å²) in [4.78, 5) is 15.4. The number of hydrogen-bond acceptors (Lipinski definition) is 5. The van der Waals surface area contributed by atoms with Gasteiger partial charge in [0, 0.05) is 17.0 Å². The first-order valence-corrected chi connectivity index (χ1v) is 7.09. The zero-order valence-electron chi connectivity index (χ0n) is 12.7. The van der Waals surface area contributed by atoms with Gasteiger partial charge in [0.2, 0.25) is 0 Å². The van der Waals surface area contributed by atoms with E-state index < -0.39 is 5.92 Å². The van der Waals surface area contributed by atoms with Gasteiger partial charge in [-0.2, -0.15) is 15.6 Å². The van der Waals surface area contributed by atoms with Crippen LogP contribution >= 0.6 is 0 Å². The molecule has 0 saturated carbocycles. The van der Waals surface area contributed by atoms with Crippen LogP contribution in [-0.4, -0.2) is 22.2 Å². The van der Waals surface area contributed by atoms with Gasteiger partial charge in [0.15, 0.2) is 6.29 Å². The zero-order chi connectivity index (χ0) is 16.6. The molecule has 0 amide bonds. The van der Waals surface area contributed by atoms with Gasteiger partial charge in [-0.1, -0.05) is 6.07 Å². The number of carbonyl (C=O) groups excluding carboxylic acids is 1. The third kappa shape index (κ3) is 2.21. The van der Waals surface area contributed by atoms with E-state index in [1.807, 2.05) is 12.1 Å². The third-order valence-corrected chi connectivity index (χ3v) is 4.17. The molecule has 2 aromatic rings. The molecule has 0 spiro atoms. The molecule has 2 atom stereocenters. The molecular weight excluding hydrogens is 290 g/mol. The van der Waals surface area contributed by atoms with Gasteiger partial charge < -0.3 is 0 Å². The number of hydrogen-bond donors (Lipinski definition) is 1. The van der Waals surface area contributed by atoms with E-state index >= 15 is 0 Å². The summed E-state index contributed by atoms with van der Waals surface area (Å²) in [5.74, 6) is -0.890. The lowest BCUT2D eigenvalue weighted by atomic mass is 9.76. The van der Waals surface area contributed by atoms with Crippen LogP contribution in [-0.2, 0) is 0 Å². The van der Waals surface area contributed by atoms with E-state index in [4.69, 9.17) is 0 Å². The Morgan fingerprint density at radius 3 is 2.74 bits per heavy atom. The van der Waals surface area contributed by atoms with E-state index in [-0.39, 0.29) is 5.92 Å². The number of rotatable bonds is 2. The maximum Gasteiger partial charge on any atom is 0.168 e. The predicted octanol–water partition coefficient (Wildman–Crippen LogP) is 2.87. The van der Waals surface area contributed by atoms with Crippen molar-refractivity contribution in [2.45, 2.75) is 19.8 Å². The molecule has 23 heavy (non-hydrogen) atoms. The van der Waals surface area contributed by atoms with Gasteiger partial charge >= 0.3 is 0 Å². The number of nitriles is 2. The van der Waals surface area contributed by atoms with Gasteiger partial charge in [0.25, 0.3) is 0 Å². The maximum atomic E-state index is 11.1. The van der Waals surface area contributed by atoms with E-state index in [9.17, 15) is 15.3 Å². The van der Waals surface area contributed by atoms with Crippen LogP contribution < -0.4 is 0 Å². The summed E-state index contributed by atoms with van der Waals surface area (Å²) in [5.41, 5.74) is 3.66. The second kappa shape index (κ2) is 5.51. The van der Waals surface area contributed by atoms with Crippen LogP contribution in [0.5, 0.6) is 0 Å². The van der Waals surface area contributed by atoms with Gasteiger partial charge in [0.1, 0.15) is 5.69 Å². The van der Waals surface area contributed by atoms with Crippen molar-refractivity contribution >= 4 is 22.9 Å². The van der Waals surface area contributed by atoms with Crippen molar-refractivity contribution in [1.82, 2.24) is 10.2 Å². The highest BCUT2D eigenvalue weighted by molar-refractivity contribution is 5.96. The maximum absolute atomic E-state index is 11.1. The fourth-order valence-corrected chi connectivity index (χ4v) is 3.04. The second-order valence-corrected chi connectivity index (χ2v) is 5.48. The quantitative estimate of drug-likeness (QED) is 0.861. The average Bonchev–Trinajstić information content (AvgIpc) is 2.96. The number of aliphatic imine (C=N–C) groups is 1. The van der Waals surface area contributed by atoms with E-state index in [1.165, 1.54) is 0 Å². The molecule has 112 valence electrons. The molecule has 0 bridgehead atoms. The molecule has 6 nitrogen and oxygen atoms in total. The van der Waals surface area contributed by atoms with Crippen LogP contribution in [0.3, 0.4) is 0 Å². The van der Waals surface area contributed by atoms with Crippen molar-refractivity contribution in [1.29, 1.82) is 10.5 Å². The number of allylic oxidation sites excluding steroid dienone is 2. The minimum Gasteiger partial charge on any atom is -0.296 e. The molecule has 6 heteroatoms. The Morgan fingerprint density at radius 2 is 2.09 bits per heavy atom. The van der Waals surface area contributed by atoms with Crippen molar-refractivity contribution in [2.24, 2.45) is 10.9 Å². The Morgan fingerprint density at radius 1 is 1.30 bits per heavy atom. The van der Waals surface area contributed by atoms with Gasteiger partial charge in [-0.25, -0.2) is 0 Å². The lowest BCUT2D eigenvalue weighted by Gasteiger charge is -2.26. The van der Waals surface area contributed by atoms with Crippen LogP contribution in [0, 0.1) is 28.6 Å². The SMILES string of the molecule is CC1=NC(C)=C(C#N)C(c2ccc3n[nH]c(C=O)c3c2)C1C#N. The Labute approximate surface area is 132 Å². The third-order valence-electron chi connectivity index (χ3n) is 4.17. The minimum atomic E-state index is -0.502. The number of aldehydes is 1. The van der Waals surface area contributed by atoms with Crippen molar-refractivity contribution < 1.29 is 4.79 Å². The largest absolute Gasteiger partial charge is 0.296 e. The summed E-state index contributed by atoms with van der Waals surface area (Å²) in [6.07, 6.45) is 0.709. The smallest absolute Gasteiger partial charge is 0.168 e. The van der Waals surface area contributed by atoms with Crippen molar-refractivity contribution in [2.75, 3.05) is 0 Å². The van der Waals surface area contributed by atoms with Crippen molar-refractivity contribution in [3.63, 3.8) is 0 Å². The van der Waals surface area contributed by atoms with Gasteiger partial charge in [0.05, 0.1) is 34.8 Å². The van der Waals surface area contributed by atoms with Crippen LogP contribution in [0.25, 0.3) is 10.9 Å². The molecule has 1 aliphatic rings. The van der Waals surface area contributed by atoms with Gasteiger partial charge in [-0.15, -0.1) is 0 Å². The number of nitrogens with zero attached hydrogens (tertiary/aromatic N) is 4. The van der Waals surface area contributed by atoms with Crippen LogP contribution in [0.15, 0.2) is 34.5 Å². The van der Waals surface area contributed by atoms with Gasteiger partial charge in [-0.3, -0.25) is 14.9 Å². The number of H-pyrrole nitrogens is 1. The van der Waals surface area contributed by atoms with Crippen molar-refractivity contribution in [3.8, 4) is 12.1 Å². The predicted molar refractivity (Wildman–Crippen MR) is 84.7 cm³/mol. The minimum absolute atomic E-state index is 0.385. The highest BCUT2D eigenvalue weighted by atomic mass is 16.1. The number of aromatic amines is 1.